The van der Waals surface area contributed by atoms with Crippen LogP contribution < -0.4 is 0 Å². The molecule has 1 heterocycles. The van der Waals surface area contributed by atoms with E-state index < -0.39 is 0 Å². The average molecular weight is 409 g/mol. The maximum Gasteiger partial charge on any atom is -0.00606 e. The quantitative estimate of drug-likeness (QED) is 0.228. The molecule has 0 aliphatic carbocycles. The molecular weight excluding hydrogens is 379 g/mol. The molecule has 0 saturated carbocycles. The van der Waals surface area contributed by atoms with Crippen LogP contribution in [0.5, 0.6) is 0 Å². The van der Waals surface area contributed by atoms with Gasteiger partial charge < -0.3 is 0 Å². The molecule has 4 aromatic carbocycles. The first-order valence-corrected chi connectivity index (χ1v) is 13.0. The van der Waals surface area contributed by atoms with Gasteiger partial charge in [-0.25, -0.2) is 0 Å². The average Bonchev–Trinajstić information content (AvgIpc) is 2.95. The largest absolute Gasteiger partial charge is 0.0999 e. The highest BCUT2D eigenvalue weighted by molar-refractivity contribution is 7.56. The molecule has 0 aromatic heterocycles. The first-order valence-electron chi connectivity index (χ1n) is 11.1. The van der Waals surface area contributed by atoms with Crippen LogP contribution in [0.2, 0.25) is 0 Å². The van der Waals surface area contributed by atoms with Crippen molar-refractivity contribution in [1.82, 2.24) is 0 Å². The number of hydrogen-bond donors (Lipinski definition) is 0. The van der Waals surface area contributed by atoms with Gasteiger partial charge >= 0.3 is 0 Å². The molecule has 0 nitrogen and oxygen atoms in total. The lowest BCUT2D eigenvalue weighted by atomic mass is 9.88. The summed E-state index contributed by atoms with van der Waals surface area (Å²) in [5.74, 6) is 0. The van der Waals surface area contributed by atoms with Gasteiger partial charge in [0.2, 0.25) is 0 Å². The van der Waals surface area contributed by atoms with Gasteiger partial charge in [0.15, 0.2) is 0 Å². The fourth-order valence-corrected chi connectivity index (χ4v) is 7.44. The minimum atomic E-state index is -0.0591. The number of allylic oxidation sites excluding steroid dienone is 1. The minimum absolute atomic E-state index is 0.0591. The third-order valence-corrected chi connectivity index (χ3v) is 9.10. The third-order valence-electron chi connectivity index (χ3n) is 6.57. The predicted molar refractivity (Wildman–Crippen MR) is 135 cm³/mol. The summed E-state index contributed by atoms with van der Waals surface area (Å²) >= 11 is 0. The Balaban J connectivity index is 1.67. The Labute approximate surface area is 181 Å². The number of hydrogen-bond acceptors (Lipinski definition) is 0. The zero-order valence-electron chi connectivity index (χ0n) is 17.8. The predicted octanol–water partition coefficient (Wildman–Crippen LogP) is 8.90. The first-order chi connectivity index (χ1) is 14.7. The van der Waals surface area contributed by atoms with E-state index in [0.717, 1.165) is 6.42 Å². The molecule has 5 rings (SSSR count). The SMILES string of the molecule is C=C(CC)CCCP1Cc2ccc3ccccc3c2-c2c(ccc3ccccc23)C1. The van der Waals surface area contributed by atoms with Crippen LogP contribution in [0, 0.1) is 0 Å². The third kappa shape index (κ3) is 3.59. The van der Waals surface area contributed by atoms with E-state index in [1.54, 1.807) is 11.1 Å². The summed E-state index contributed by atoms with van der Waals surface area (Å²) in [4.78, 5) is 0. The standard InChI is InChI=1S/C29H29P/c1-3-21(2)9-8-18-30-19-24-16-14-22-10-4-6-12-26(22)28(24)29-25(20-30)17-15-23-11-5-7-13-27(23)29/h4-7,10-17H,2-3,8-9,18-20H2,1H3. The fourth-order valence-electron chi connectivity index (χ4n) is 4.91. The molecule has 0 fully saturated rings. The molecule has 0 radical (unpaired) electrons. The van der Waals surface area contributed by atoms with E-state index >= 15 is 0 Å². The van der Waals surface area contributed by atoms with Crippen LogP contribution in [-0.2, 0) is 12.3 Å². The Morgan fingerprint density at radius 2 is 1.30 bits per heavy atom. The summed E-state index contributed by atoms with van der Waals surface area (Å²) in [5.41, 5.74) is 7.47. The van der Waals surface area contributed by atoms with Crippen LogP contribution >= 0.6 is 7.92 Å². The topological polar surface area (TPSA) is 0 Å². The summed E-state index contributed by atoms with van der Waals surface area (Å²) in [5, 5.41) is 5.51. The van der Waals surface area contributed by atoms with Crippen LogP contribution in [-0.4, -0.2) is 6.16 Å². The highest BCUT2D eigenvalue weighted by atomic mass is 31.1. The Bertz CT molecular complexity index is 1150. The molecule has 4 aromatic rings. The number of rotatable bonds is 5. The van der Waals surface area contributed by atoms with Gasteiger partial charge in [0.1, 0.15) is 0 Å². The van der Waals surface area contributed by atoms with Crippen molar-refractivity contribution in [2.75, 3.05) is 6.16 Å². The molecule has 0 N–H and O–H groups in total. The minimum Gasteiger partial charge on any atom is -0.0999 e. The lowest BCUT2D eigenvalue weighted by Gasteiger charge is -2.17. The lowest BCUT2D eigenvalue weighted by Crippen LogP contribution is -1.93. The van der Waals surface area contributed by atoms with Gasteiger partial charge in [-0.1, -0.05) is 99.8 Å². The molecule has 1 aliphatic rings. The fraction of sp³-hybridized carbons (Fsp3) is 0.241. The molecule has 0 atom stereocenters. The molecule has 1 aliphatic heterocycles. The summed E-state index contributed by atoms with van der Waals surface area (Å²) in [6.45, 7) is 6.45. The van der Waals surface area contributed by atoms with E-state index in [4.69, 9.17) is 0 Å². The van der Waals surface area contributed by atoms with Crippen molar-refractivity contribution in [3.8, 4) is 11.1 Å². The van der Waals surface area contributed by atoms with Crippen molar-refractivity contribution < 1.29 is 0 Å². The van der Waals surface area contributed by atoms with Gasteiger partial charge in [-0.3, -0.25) is 0 Å². The van der Waals surface area contributed by atoms with Gasteiger partial charge in [0.25, 0.3) is 0 Å². The second-order valence-electron chi connectivity index (χ2n) is 8.56. The van der Waals surface area contributed by atoms with Gasteiger partial charge in [-0.05, 0) is 81.5 Å². The monoisotopic (exact) mass is 408 g/mol. The van der Waals surface area contributed by atoms with E-state index in [-0.39, 0.29) is 7.92 Å². The molecule has 150 valence electrons. The van der Waals surface area contributed by atoms with E-state index in [2.05, 4.69) is 86.3 Å². The summed E-state index contributed by atoms with van der Waals surface area (Å²) in [6, 6.07) is 27.3. The van der Waals surface area contributed by atoms with Crippen molar-refractivity contribution in [3.63, 3.8) is 0 Å². The smallest absolute Gasteiger partial charge is 0.00606 e. The Hall–Kier alpha value is -2.43. The molecular formula is C29H29P. The van der Waals surface area contributed by atoms with Gasteiger partial charge in [0, 0.05) is 0 Å². The van der Waals surface area contributed by atoms with Crippen LogP contribution in [0.3, 0.4) is 0 Å². The van der Waals surface area contributed by atoms with E-state index in [0.29, 0.717) is 0 Å². The normalized spacial score (nSPS) is 13.8. The highest BCUT2D eigenvalue weighted by Gasteiger charge is 2.24. The van der Waals surface area contributed by atoms with Crippen LogP contribution in [0.4, 0.5) is 0 Å². The number of fused-ring (bicyclic) bond motifs is 7. The molecule has 0 saturated heterocycles. The summed E-state index contributed by atoms with van der Waals surface area (Å²) in [6.07, 6.45) is 7.39. The highest BCUT2D eigenvalue weighted by Crippen LogP contribution is 2.53. The Morgan fingerprint density at radius 3 is 1.83 bits per heavy atom. The maximum atomic E-state index is 4.22. The van der Waals surface area contributed by atoms with E-state index in [1.807, 2.05) is 0 Å². The van der Waals surface area contributed by atoms with Gasteiger partial charge in [-0.2, -0.15) is 0 Å². The number of benzene rings is 4. The zero-order valence-corrected chi connectivity index (χ0v) is 18.7. The van der Waals surface area contributed by atoms with Gasteiger partial charge in [0.05, 0.1) is 0 Å². The van der Waals surface area contributed by atoms with E-state index in [9.17, 15) is 0 Å². The molecule has 30 heavy (non-hydrogen) atoms. The maximum absolute atomic E-state index is 4.22. The Morgan fingerprint density at radius 1 is 0.767 bits per heavy atom. The Kier molecular flexibility index (Phi) is 5.45. The molecule has 0 amide bonds. The second-order valence-corrected chi connectivity index (χ2v) is 11.0. The van der Waals surface area contributed by atoms with Crippen molar-refractivity contribution in [1.29, 1.82) is 0 Å². The molecule has 1 heteroatoms. The second kappa shape index (κ2) is 8.37. The lowest BCUT2D eigenvalue weighted by molar-refractivity contribution is 0.865. The summed E-state index contributed by atoms with van der Waals surface area (Å²) in [7, 11) is -0.0591. The van der Waals surface area contributed by atoms with Crippen molar-refractivity contribution in [3.05, 3.63) is 96.1 Å². The summed E-state index contributed by atoms with van der Waals surface area (Å²) < 4.78 is 0. The van der Waals surface area contributed by atoms with Crippen molar-refractivity contribution >= 4 is 29.5 Å². The zero-order chi connectivity index (χ0) is 20.5. The van der Waals surface area contributed by atoms with Crippen molar-refractivity contribution in [2.24, 2.45) is 0 Å². The van der Waals surface area contributed by atoms with Crippen molar-refractivity contribution in [2.45, 2.75) is 38.5 Å². The van der Waals surface area contributed by atoms with Gasteiger partial charge in [-0.15, -0.1) is 0 Å². The molecule has 0 unspecified atom stereocenters. The van der Waals surface area contributed by atoms with Crippen LogP contribution in [0.15, 0.2) is 84.9 Å². The molecule has 0 bridgehead atoms. The van der Waals surface area contributed by atoms with Crippen LogP contribution in [0.1, 0.15) is 37.3 Å². The van der Waals surface area contributed by atoms with Crippen LogP contribution in [0.25, 0.3) is 32.7 Å². The first kappa shape index (κ1) is 19.5. The molecule has 0 spiro atoms. The van der Waals surface area contributed by atoms with E-state index in [1.165, 1.54) is 69.6 Å².